The van der Waals surface area contributed by atoms with Crippen LogP contribution in [0.5, 0.6) is 0 Å². The lowest BCUT2D eigenvalue weighted by atomic mass is 9.89. The van der Waals surface area contributed by atoms with Crippen LogP contribution in [0.25, 0.3) is 34.3 Å². The van der Waals surface area contributed by atoms with Crippen LogP contribution in [-0.2, 0) is 5.60 Å². The Morgan fingerprint density at radius 3 is 2.41 bits per heavy atom. The summed E-state index contributed by atoms with van der Waals surface area (Å²) in [4.78, 5) is 8.02. The van der Waals surface area contributed by atoms with E-state index in [4.69, 9.17) is 0 Å². The van der Waals surface area contributed by atoms with Gasteiger partial charge in [0.2, 0.25) is 0 Å². The molecule has 3 aromatic carbocycles. The van der Waals surface area contributed by atoms with E-state index in [1.165, 1.54) is 0 Å². The van der Waals surface area contributed by atoms with Crippen molar-refractivity contribution >= 4 is 23.2 Å². The first-order chi connectivity index (χ1) is 13.0. The number of aliphatic hydroxyl groups is 1. The van der Waals surface area contributed by atoms with Crippen molar-refractivity contribution in [3.63, 3.8) is 0 Å². The maximum Gasteiger partial charge on any atom is 0.131 e. The Kier molecular flexibility index (Phi) is 4.38. The Hall–Kier alpha value is -3.17. The molecule has 1 heterocycles. The van der Waals surface area contributed by atoms with Crippen LogP contribution >= 0.6 is 0 Å². The lowest BCUT2D eigenvalue weighted by Crippen LogP contribution is -2.16. The molecular formula is C24H22N2O. The van der Waals surface area contributed by atoms with Crippen molar-refractivity contribution in [2.24, 2.45) is 0 Å². The van der Waals surface area contributed by atoms with Crippen molar-refractivity contribution in [2.45, 2.75) is 19.4 Å². The molecule has 0 bridgehead atoms. The summed E-state index contributed by atoms with van der Waals surface area (Å²) >= 11 is 0. The number of imidazole rings is 1. The Bertz CT molecular complexity index is 1100. The van der Waals surface area contributed by atoms with Crippen molar-refractivity contribution in [3.8, 4) is 11.1 Å². The molecule has 0 spiro atoms. The van der Waals surface area contributed by atoms with Gasteiger partial charge in [0.15, 0.2) is 0 Å². The molecule has 0 aliphatic carbocycles. The van der Waals surface area contributed by atoms with Gasteiger partial charge in [-0.1, -0.05) is 66.7 Å². The van der Waals surface area contributed by atoms with Crippen LogP contribution in [0.4, 0.5) is 0 Å². The van der Waals surface area contributed by atoms with E-state index in [0.29, 0.717) is 0 Å². The number of aromatic amines is 1. The molecule has 0 atom stereocenters. The number of H-pyrrole nitrogens is 1. The molecule has 0 amide bonds. The zero-order valence-corrected chi connectivity index (χ0v) is 15.5. The lowest BCUT2D eigenvalue weighted by Gasteiger charge is -2.21. The molecule has 0 aliphatic heterocycles. The van der Waals surface area contributed by atoms with Gasteiger partial charge in [0, 0.05) is 0 Å². The predicted octanol–water partition coefficient (Wildman–Crippen LogP) is 5.63. The molecule has 4 aromatic rings. The highest BCUT2D eigenvalue weighted by Crippen LogP contribution is 2.32. The van der Waals surface area contributed by atoms with Gasteiger partial charge in [-0.2, -0.15) is 0 Å². The number of hydrogen-bond acceptors (Lipinski definition) is 2. The summed E-state index contributed by atoms with van der Waals surface area (Å²) in [5, 5.41) is 10.5. The minimum atomic E-state index is -0.900. The zero-order valence-electron chi connectivity index (χ0n) is 15.5. The summed E-state index contributed by atoms with van der Waals surface area (Å²) < 4.78 is 0. The smallest absolute Gasteiger partial charge is 0.131 e. The Morgan fingerprint density at radius 1 is 0.889 bits per heavy atom. The average molecular weight is 354 g/mol. The van der Waals surface area contributed by atoms with Crippen molar-refractivity contribution in [1.82, 2.24) is 9.97 Å². The van der Waals surface area contributed by atoms with Gasteiger partial charge in [0.25, 0.3) is 0 Å². The first-order valence-corrected chi connectivity index (χ1v) is 9.06. The quantitative estimate of drug-likeness (QED) is 0.499. The van der Waals surface area contributed by atoms with Crippen LogP contribution < -0.4 is 0 Å². The van der Waals surface area contributed by atoms with Crippen molar-refractivity contribution in [2.75, 3.05) is 0 Å². The molecule has 134 valence electrons. The fourth-order valence-corrected chi connectivity index (χ4v) is 3.28. The average Bonchev–Trinajstić information content (AvgIpc) is 3.08. The van der Waals surface area contributed by atoms with E-state index in [1.807, 2.05) is 74.5 Å². The predicted molar refractivity (Wildman–Crippen MR) is 112 cm³/mol. The van der Waals surface area contributed by atoms with Gasteiger partial charge >= 0.3 is 0 Å². The fourth-order valence-electron chi connectivity index (χ4n) is 3.28. The van der Waals surface area contributed by atoms with E-state index in [2.05, 4.69) is 34.2 Å². The molecule has 0 radical (unpaired) electrons. The third-order valence-electron chi connectivity index (χ3n) is 4.63. The van der Waals surface area contributed by atoms with Crippen LogP contribution in [0, 0.1) is 0 Å². The highest BCUT2D eigenvalue weighted by Gasteiger charge is 2.20. The van der Waals surface area contributed by atoms with E-state index in [9.17, 15) is 5.11 Å². The van der Waals surface area contributed by atoms with Gasteiger partial charge in [-0.15, -0.1) is 0 Å². The third kappa shape index (κ3) is 3.69. The molecule has 0 fully saturated rings. The monoisotopic (exact) mass is 354 g/mol. The second-order valence-corrected chi connectivity index (χ2v) is 7.20. The van der Waals surface area contributed by atoms with Crippen LogP contribution in [0.15, 0.2) is 72.8 Å². The normalized spacial score (nSPS) is 12.1. The summed E-state index contributed by atoms with van der Waals surface area (Å²) in [6.07, 6.45) is 4.03. The number of hydrogen-bond donors (Lipinski definition) is 2. The summed E-state index contributed by atoms with van der Waals surface area (Å²) in [7, 11) is 0. The Morgan fingerprint density at radius 2 is 1.63 bits per heavy atom. The molecule has 3 heteroatoms. The first kappa shape index (κ1) is 17.3. The van der Waals surface area contributed by atoms with Gasteiger partial charge in [-0.05, 0) is 54.3 Å². The van der Waals surface area contributed by atoms with Crippen LogP contribution in [0.2, 0.25) is 0 Å². The fraction of sp³-hybridized carbons (Fsp3) is 0.125. The van der Waals surface area contributed by atoms with Crippen LogP contribution in [-0.4, -0.2) is 15.1 Å². The van der Waals surface area contributed by atoms with E-state index in [0.717, 1.165) is 39.1 Å². The molecule has 2 N–H and O–H groups in total. The minimum absolute atomic E-state index is 0.821. The van der Waals surface area contributed by atoms with E-state index < -0.39 is 5.60 Å². The molecular weight excluding hydrogens is 332 g/mol. The standard InChI is InChI=1S/C24H22N2O/c1-24(2,27)20-11-7-6-10-19(20)18-13-14-21-22(16-18)26-23(25-21)15-12-17-8-4-3-5-9-17/h3-16,27H,1-2H3,(H,25,26). The SMILES string of the molecule is CC(C)(O)c1ccccc1-c1ccc2nc(C=Cc3ccccc3)[nH]c2c1. The molecule has 0 aliphatic rings. The number of benzene rings is 3. The first-order valence-electron chi connectivity index (χ1n) is 9.06. The zero-order chi connectivity index (χ0) is 18.9. The van der Waals surface area contributed by atoms with Crippen molar-refractivity contribution in [3.05, 3.63) is 89.7 Å². The number of nitrogens with zero attached hydrogens (tertiary/aromatic N) is 1. The van der Waals surface area contributed by atoms with E-state index in [-0.39, 0.29) is 0 Å². The Balaban J connectivity index is 1.71. The van der Waals surface area contributed by atoms with Gasteiger partial charge in [-0.3, -0.25) is 0 Å². The summed E-state index contributed by atoms with van der Waals surface area (Å²) in [6.45, 7) is 3.63. The summed E-state index contributed by atoms with van der Waals surface area (Å²) in [5.41, 5.74) is 5.14. The maximum absolute atomic E-state index is 10.5. The number of rotatable bonds is 4. The largest absolute Gasteiger partial charge is 0.386 e. The molecule has 0 saturated heterocycles. The van der Waals surface area contributed by atoms with E-state index in [1.54, 1.807) is 0 Å². The minimum Gasteiger partial charge on any atom is -0.386 e. The number of nitrogens with one attached hydrogen (secondary N) is 1. The summed E-state index contributed by atoms with van der Waals surface area (Å²) in [6, 6.07) is 24.3. The van der Waals surface area contributed by atoms with Crippen molar-refractivity contribution in [1.29, 1.82) is 0 Å². The second-order valence-electron chi connectivity index (χ2n) is 7.20. The maximum atomic E-state index is 10.5. The van der Waals surface area contributed by atoms with Crippen LogP contribution in [0.1, 0.15) is 30.8 Å². The summed E-state index contributed by atoms with van der Waals surface area (Å²) in [5.74, 6) is 0.821. The highest BCUT2D eigenvalue weighted by molar-refractivity contribution is 5.84. The molecule has 0 unspecified atom stereocenters. The number of aromatic nitrogens is 2. The Labute approximate surface area is 159 Å². The molecule has 0 saturated carbocycles. The second kappa shape index (κ2) is 6.86. The van der Waals surface area contributed by atoms with Crippen LogP contribution in [0.3, 0.4) is 0 Å². The van der Waals surface area contributed by atoms with Gasteiger partial charge in [0.1, 0.15) is 5.82 Å². The molecule has 27 heavy (non-hydrogen) atoms. The van der Waals surface area contributed by atoms with E-state index >= 15 is 0 Å². The topological polar surface area (TPSA) is 48.9 Å². The molecule has 4 rings (SSSR count). The van der Waals surface area contributed by atoms with Gasteiger partial charge in [-0.25, -0.2) is 4.98 Å². The van der Waals surface area contributed by atoms with Gasteiger partial charge in [0.05, 0.1) is 16.6 Å². The molecule has 3 nitrogen and oxygen atoms in total. The third-order valence-corrected chi connectivity index (χ3v) is 4.63. The number of fused-ring (bicyclic) bond motifs is 1. The van der Waals surface area contributed by atoms with Crippen molar-refractivity contribution < 1.29 is 5.11 Å². The highest BCUT2D eigenvalue weighted by atomic mass is 16.3. The lowest BCUT2D eigenvalue weighted by molar-refractivity contribution is 0.0792. The van der Waals surface area contributed by atoms with Gasteiger partial charge < -0.3 is 10.1 Å². The molecule has 1 aromatic heterocycles.